The molecule has 0 spiro atoms. The van der Waals surface area contributed by atoms with Gasteiger partial charge in [0.2, 0.25) is 0 Å². The SMILES string of the molecule is CC1(NC(=O)c2ccc3c(c2)C(=O)c2ccccc2-3)CCS(=O)(=O)C1. The van der Waals surface area contributed by atoms with Gasteiger partial charge in [-0.25, -0.2) is 8.42 Å². The van der Waals surface area contributed by atoms with Crippen molar-refractivity contribution in [2.45, 2.75) is 18.9 Å². The summed E-state index contributed by atoms with van der Waals surface area (Å²) in [6.45, 7) is 1.74. The minimum atomic E-state index is -3.11. The summed E-state index contributed by atoms with van der Waals surface area (Å²) in [7, 11) is -3.11. The number of benzene rings is 2. The lowest BCUT2D eigenvalue weighted by Crippen LogP contribution is -2.46. The molecule has 1 atom stereocenters. The third-order valence-electron chi connectivity index (χ3n) is 4.91. The fourth-order valence-corrected chi connectivity index (χ4v) is 5.72. The Hall–Kier alpha value is -2.47. The van der Waals surface area contributed by atoms with Gasteiger partial charge in [-0.1, -0.05) is 30.3 Å². The van der Waals surface area contributed by atoms with Crippen LogP contribution in [0.5, 0.6) is 0 Å². The largest absolute Gasteiger partial charge is 0.346 e. The van der Waals surface area contributed by atoms with Gasteiger partial charge in [0, 0.05) is 16.7 Å². The Morgan fingerprint density at radius 3 is 2.40 bits per heavy atom. The number of ketones is 1. The van der Waals surface area contributed by atoms with E-state index in [4.69, 9.17) is 0 Å². The second-order valence-corrected chi connectivity index (χ2v) is 9.18. The van der Waals surface area contributed by atoms with Gasteiger partial charge in [0.1, 0.15) is 0 Å². The van der Waals surface area contributed by atoms with E-state index in [1.807, 2.05) is 18.2 Å². The Balaban J connectivity index is 1.64. The predicted octanol–water partition coefficient (Wildman–Crippen LogP) is 2.21. The summed E-state index contributed by atoms with van der Waals surface area (Å²) in [5, 5.41) is 2.82. The smallest absolute Gasteiger partial charge is 0.251 e. The summed E-state index contributed by atoms with van der Waals surface area (Å²) in [4.78, 5) is 25.1. The molecule has 1 N–H and O–H groups in total. The molecule has 1 aliphatic carbocycles. The Labute approximate surface area is 146 Å². The number of rotatable bonds is 2. The zero-order valence-corrected chi connectivity index (χ0v) is 14.5. The Kier molecular flexibility index (Phi) is 3.37. The van der Waals surface area contributed by atoms with Gasteiger partial charge in [-0.15, -0.1) is 0 Å². The molecule has 1 aliphatic heterocycles. The molecule has 4 rings (SSSR count). The maximum Gasteiger partial charge on any atom is 0.251 e. The van der Waals surface area contributed by atoms with Gasteiger partial charge in [0.25, 0.3) is 5.91 Å². The maximum atomic E-state index is 12.6. The molecule has 128 valence electrons. The van der Waals surface area contributed by atoms with Crippen molar-refractivity contribution in [3.8, 4) is 11.1 Å². The minimum Gasteiger partial charge on any atom is -0.346 e. The first-order chi connectivity index (χ1) is 11.8. The van der Waals surface area contributed by atoms with Gasteiger partial charge in [-0.3, -0.25) is 9.59 Å². The van der Waals surface area contributed by atoms with Crippen molar-refractivity contribution in [3.05, 3.63) is 59.2 Å². The number of carbonyl (C=O) groups is 2. The van der Waals surface area contributed by atoms with Crippen LogP contribution in [0, 0.1) is 0 Å². The topological polar surface area (TPSA) is 80.3 Å². The van der Waals surface area contributed by atoms with Gasteiger partial charge in [-0.05, 0) is 36.6 Å². The monoisotopic (exact) mass is 355 g/mol. The van der Waals surface area contributed by atoms with Gasteiger partial charge >= 0.3 is 0 Å². The number of amides is 1. The fourth-order valence-electron chi connectivity index (χ4n) is 3.62. The van der Waals surface area contributed by atoms with Crippen LogP contribution in [-0.4, -0.2) is 37.2 Å². The highest BCUT2D eigenvalue weighted by Crippen LogP contribution is 2.36. The standard InChI is InChI=1S/C19H17NO4S/c1-19(8-9-25(23,24)11-19)20-18(22)12-6-7-14-13-4-2-3-5-15(13)17(21)16(14)10-12/h2-7,10H,8-9,11H2,1H3,(H,20,22). The van der Waals surface area contributed by atoms with Crippen LogP contribution in [0.15, 0.2) is 42.5 Å². The third-order valence-corrected chi connectivity index (χ3v) is 6.81. The van der Waals surface area contributed by atoms with Crippen molar-refractivity contribution in [1.82, 2.24) is 5.32 Å². The lowest BCUT2D eigenvalue weighted by atomic mass is 9.99. The van der Waals surface area contributed by atoms with Gasteiger partial charge in [0.15, 0.2) is 15.6 Å². The van der Waals surface area contributed by atoms with Crippen LogP contribution in [0.4, 0.5) is 0 Å². The summed E-state index contributed by atoms with van der Waals surface area (Å²) in [6.07, 6.45) is 0.399. The molecule has 2 aromatic carbocycles. The van der Waals surface area contributed by atoms with Crippen molar-refractivity contribution < 1.29 is 18.0 Å². The molecule has 2 aromatic rings. The van der Waals surface area contributed by atoms with E-state index in [-0.39, 0.29) is 23.2 Å². The average Bonchev–Trinajstić information content (AvgIpc) is 3.01. The van der Waals surface area contributed by atoms with Crippen molar-refractivity contribution in [3.63, 3.8) is 0 Å². The molecule has 0 aromatic heterocycles. The van der Waals surface area contributed by atoms with Crippen LogP contribution in [0.2, 0.25) is 0 Å². The van der Waals surface area contributed by atoms with Gasteiger partial charge < -0.3 is 5.32 Å². The Bertz CT molecular complexity index is 1030. The molecular weight excluding hydrogens is 338 g/mol. The second kappa shape index (κ2) is 5.26. The molecule has 5 nitrogen and oxygen atoms in total. The number of sulfone groups is 1. The molecule has 1 fully saturated rings. The minimum absolute atomic E-state index is 0.0545. The summed E-state index contributed by atoms with van der Waals surface area (Å²) in [6, 6.07) is 12.4. The van der Waals surface area contributed by atoms with Crippen LogP contribution >= 0.6 is 0 Å². The van der Waals surface area contributed by atoms with Crippen LogP contribution in [0.25, 0.3) is 11.1 Å². The molecule has 0 radical (unpaired) electrons. The number of fused-ring (bicyclic) bond motifs is 3. The van der Waals surface area contributed by atoms with E-state index in [9.17, 15) is 18.0 Å². The number of hydrogen-bond donors (Lipinski definition) is 1. The lowest BCUT2D eigenvalue weighted by Gasteiger charge is -2.24. The van der Waals surface area contributed by atoms with Crippen LogP contribution < -0.4 is 5.32 Å². The molecule has 2 aliphatic rings. The Morgan fingerprint density at radius 1 is 1.04 bits per heavy atom. The highest BCUT2D eigenvalue weighted by Gasteiger charge is 2.39. The average molecular weight is 355 g/mol. The van der Waals surface area contributed by atoms with E-state index in [2.05, 4.69) is 5.32 Å². The third kappa shape index (κ3) is 2.66. The normalized spacial score (nSPS) is 23.2. The molecule has 1 amide bonds. The zero-order chi connectivity index (χ0) is 17.8. The quantitative estimate of drug-likeness (QED) is 0.764. The van der Waals surface area contributed by atoms with E-state index in [1.165, 1.54) is 0 Å². The first-order valence-electron chi connectivity index (χ1n) is 8.09. The summed E-state index contributed by atoms with van der Waals surface area (Å²) >= 11 is 0. The van der Waals surface area contributed by atoms with Gasteiger partial charge in [0.05, 0.1) is 17.0 Å². The maximum absolute atomic E-state index is 12.6. The summed E-state index contributed by atoms with van der Waals surface area (Å²) in [5.41, 5.74) is 2.46. The van der Waals surface area contributed by atoms with E-state index in [0.29, 0.717) is 23.1 Å². The van der Waals surface area contributed by atoms with Crippen molar-refractivity contribution in [2.75, 3.05) is 11.5 Å². The van der Waals surface area contributed by atoms with Crippen molar-refractivity contribution in [1.29, 1.82) is 0 Å². The van der Waals surface area contributed by atoms with Crippen LogP contribution in [0.3, 0.4) is 0 Å². The highest BCUT2D eigenvalue weighted by atomic mass is 32.2. The molecule has 1 heterocycles. The molecule has 0 bridgehead atoms. The first-order valence-corrected chi connectivity index (χ1v) is 9.91. The molecular formula is C19H17NO4S. The summed E-state index contributed by atoms with van der Waals surface area (Å²) in [5.74, 6) is -0.413. The first kappa shape index (κ1) is 16.0. The fraction of sp³-hybridized carbons (Fsp3) is 0.263. The van der Waals surface area contributed by atoms with Crippen molar-refractivity contribution in [2.24, 2.45) is 0 Å². The van der Waals surface area contributed by atoms with E-state index >= 15 is 0 Å². The molecule has 6 heteroatoms. The van der Waals surface area contributed by atoms with Crippen LogP contribution in [-0.2, 0) is 9.84 Å². The lowest BCUT2D eigenvalue weighted by molar-refractivity contribution is 0.0915. The number of hydrogen-bond acceptors (Lipinski definition) is 4. The molecule has 1 unspecified atom stereocenters. The predicted molar refractivity (Wildman–Crippen MR) is 94.5 cm³/mol. The number of nitrogens with one attached hydrogen (secondary N) is 1. The zero-order valence-electron chi connectivity index (χ0n) is 13.7. The summed E-state index contributed by atoms with van der Waals surface area (Å²) < 4.78 is 23.4. The molecule has 0 saturated carbocycles. The molecule has 1 saturated heterocycles. The number of carbonyl (C=O) groups excluding carboxylic acids is 2. The highest BCUT2D eigenvalue weighted by molar-refractivity contribution is 7.91. The molecule has 25 heavy (non-hydrogen) atoms. The van der Waals surface area contributed by atoms with Gasteiger partial charge in [-0.2, -0.15) is 0 Å². The van der Waals surface area contributed by atoms with E-state index in [0.717, 1.165) is 11.1 Å². The van der Waals surface area contributed by atoms with Crippen molar-refractivity contribution >= 4 is 21.5 Å². The second-order valence-electron chi connectivity index (χ2n) is 6.99. The van der Waals surface area contributed by atoms with Crippen LogP contribution in [0.1, 0.15) is 39.6 Å². The van der Waals surface area contributed by atoms with E-state index < -0.39 is 15.4 Å². The van der Waals surface area contributed by atoms with E-state index in [1.54, 1.807) is 31.2 Å². The Morgan fingerprint density at radius 2 is 1.72 bits per heavy atom.